The second kappa shape index (κ2) is 7.76. The Hall–Kier alpha value is -1.64. The summed E-state index contributed by atoms with van der Waals surface area (Å²) in [5.74, 6) is 0.236. The summed E-state index contributed by atoms with van der Waals surface area (Å²) < 4.78 is 0.831. The summed E-state index contributed by atoms with van der Waals surface area (Å²) in [6.07, 6.45) is 0.431. The summed E-state index contributed by atoms with van der Waals surface area (Å²) in [6.45, 7) is 5.19. The summed E-state index contributed by atoms with van der Waals surface area (Å²) >= 11 is 0. The van der Waals surface area contributed by atoms with Gasteiger partial charge in [-0.05, 0) is 31.4 Å². The Balaban J connectivity index is 2.19. The monoisotopic (exact) mass is 312 g/mol. The molecule has 1 atom stereocenters. The predicted molar refractivity (Wildman–Crippen MR) is 97.5 cm³/mol. The van der Waals surface area contributed by atoms with Crippen LogP contribution < -0.4 is 0 Å². The Morgan fingerprint density at radius 3 is 1.65 bits per heavy atom. The highest BCUT2D eigenvalue weighted by Gasteiger charge is 2.27. The standard InChI is InChI=1S/C21H30NO/c1-17(2)22(3,4)16-20(23)15-21(18-11-7-5-8-12-18)19-13-9-6-10-14-19/h5-14,17,20-21,23H,15-16H2,1-4H3/q+1. The third-order valence-corrected chi connectivity index (χ3v) is 4.99. The molecule has 23 heavy (non-hydrogen) atoms. The van der Waals surface area contributed by atoms with Crippen LogP contribution in [0.25, 0.3) is 0 Å². The molecule has 0 heterocycles. The highest BCUT2D eigenvalue weighted by molar-refractivity contribution is 5.32. The van der Waals surface area contributed by atoms with Gasteiger partial charge in [0.25, 0.3) is 0 Å². The second-order valence-electron chi connectivity index (χ2n) is 7.32. The lowest BCUT2D eigenvalue weighted by Gasteiger charge is -2.36. The fraction of sp³-hybridized carbons (Fsp3) is 0.429. The van der Waals surface area contributed by atoms with Crippen LogP contribution in [0, 0.1) is 0 Å². The number of rotatable bonds is 7. The smallest absolute Gasteiger partial charge is 0.105 e. The van der Waals surface area contributed by atoms with E-state index in [-0.39, 0.29) is 12.0 Å². The normalized spacial score (nSPS) is 13.5. The minimum absolute atomic E-state index is 0.236. The lowest BCUT2D eigenvalue weighted by atomic mass is 9.86. The summed E-state index contributed by atoms with van der Waals surface area (Å²) in [5, 5.41) is 10.7. The van der Waals surface area contributed by atoms with Crippen molar-refractivity contribution in [1.29, 1.82) is 0 Å². The molecule has 2 aromatic carbocycles. The summed E-state index contributed by atoms with van der Waals surface area (Å²) in [6, 6.07) is 21.5. The maximum Gasteiger partial charge on any atom is 0.105 e. The van der Waals surface area contributed by atoms with E-state index < -0.39 is 0 Å². The minimum Gasteiger partial charge on any atom is -0.387 e. The molecule has 0 bridgehead atoms. The number of aliphatic hydroxyl groups excluding tert-OH is 1. The van der Waals surface area contributed by atoms with E-state index in [4.69, 9.17) is 0 Å². The van der Waals surface area contributed by atoms with Crippen molar-refractivity contribution in [2.45, 2.75) is 38.3 Å². The molecule has 0 aromatic heterocycles. The highest BCUT2D eigenvalue weighted by Crippen LogP contribution is 2.29. The molecular weight excluding hydrogens is 282 g/mol. The van der Waals surface area contributed by atoms with Gasteiger partial charge in [0.05, 0.1) is 20.1 Å². The molecule has 0 fully saturated rings. The lowest BCUT2D eigenvalue weighted by Crippen LogP contribution is -2.50. The number of benzene rings is 2. The Morgan fingerprint density at radius 1 is 0.826 bits per heavy atom. The molecule has 0 radical (unpaired) electrons. The van der Waals surface area contributed by atoms with Gasteiger partial charge in [-0.15, -0.1) is 0 Å². The Labute approximate surface area is 141 Å². The van der Waals surface area contributed by atoms with Crippen molar-refractivity contribution in [3.05, 3.63) is 71.8 Å². The van der Waals surface area contributed by atoms with Crippen LogP contribution in [0.15, 0.2) is 60.7 Å². The fourth-order valence-corrected chi connectivity index (χ4v) is 2.94. The van der Waals surface area contributed by atoms with Crippen LogP contribution in [-0.4, -0.2) is 42.4 Å². The first-order chi connectivity index (χ1) is 10.9. The van der Waals surface area contributed by atoms with Gasteiger partial charge in [-0.25, -0.2) is 0 Å². The van der Waals surface area contributed by atoms with Gasteiger partial charge in [-0.2, -0.15) is 0 Å². The topological polar surface area (TPSA) is 20.2 Å². The van der Waals surface area contributed by atoms with Crippen molar-refractivity contribution in [3.63, 3.8) is 0 Å². The zero-order valence-corrected chi connectivity index (χ0v) is 14.8. The quantitative estimate of drug-likeness (QED) is 0.765. The van der Waals surface area contributed by atoms with Crippen LogP contribution in [-0.2, 0) is 0 Å². The minimum atomic E-state index is -0.321. The molecule has 124 valence electrons. The summed E-state index contributed by atoms with van der Waals surface area (Å²) in [7, 11) is 4.38. The van der Waals surface area contributed by atoms with Crippen LogP contribution in [0.3, 0.4) is 0 Å². The highest BCUT2D eigenvalue weighted by atomic mass is 16.3. The van der Waals surface area contributed by atoms with Crippen LogP contribution in [0.4, 0.5) is 0 Å². The van der Waals surface area contributed by atoms with Crippen molar-refractivity contribution in [2.24, 2.45) is 0 Å². The summed E-state index contributed by atoms with van der Waals surface area (Å²) in [5.41, 5.74) is 2.54. The molecule has 0 saturated carbocycles. The predicted octanol–water partition coefficient (Wildman–Crippen LogP) is 4.05. The molecular formula is C21H30NO+. The number of likely N-dealkylation sites (N-methyl/N-ethyl adjacent to an activating group) is 1. The van der Waals surface area contributed by atoms with E-state index in [2.05, 4.69) is 76.5 Å². The van der Waals surface area contributed by atoms with Crippen molar-refractivity contribution in [1.82, 2.24) is 0 Å². The van der Waals surface area contributed by atoms with Crippen LogP contribution >= 0.6 is 0 Å². The zero-order chi connectivity index (χ0) is 16.9. The molecule has 0 aliphatic heterocycles. The first-order valence-electron chi connectivity index (χ1n) is 8.51. The molecule has 1 N–H and O–H groups in total. The third-order valence-electron chi connectivity index (χ3n) is 4.99. The molecule has 1 unspecified atom stereocenters. The van der Waals surface area contributed by atoms with Gasteiger partial charge in [0.15, 0.2) is 0 Å². The summed E-state index contributed by atoms with van der Waals surface area (Å²) in [4.78, 5) is 0. The molecule has 0 aliphatic rings. The van der Waals surface area contributed by atoms with Crippen molar-refractivity contribution >= 4 is 0 Å². The number of quaternary nitrogens is 1. The Bertz CT molecular complexity index is 538. The fourth-order valence-electron chi connectivity index (χ4n) is 2.94. The van der Waals surface area contributed by atoms with Crippen molar-refractivity contribution < 1.29 is 9.59 Å². The van der Waals surface area contributed by atoms with Gasteiger partial charge in [-0.1, -0.05) is 60.7 Å². The van der Waals surface area contributed by atoms with Crippen LogP contribution in [0.1, 0.15) is 37.3 Å². The van der Waals surface area contributed by atoms with Gasteiger partial charge in [0.2, 0.25) is 0 Å². The van der Waals surface area contributed by atoms with Gasteiger partial charge in [0.1, 0.15) is 12.6 Å². The first-order valence-corrected chi connectivity index (χ1v) is 8.51. The molecule has 0 spiro atoms. The van der Waals surface area contributed by atoms with Crippen LogP contribution in [0.2, 0.25) is 0 Å². The Kier molecular flexibility index (Phi) is 5.97. The van der Waals surface area contributed by atoms with Crippen molar-refractivity contribution in [3.8, 4) is 0 Å². The Morgan fingerprint density at radius 2 is 1.26 bits per heavy atom. The number of hydrogen-bond donors (Lipinski definition) is 1. The average Bonchev–Trinajstić information content (AvgIpc) is 2.53. The number of aliphatic hydroxyl groups is 1. The maximum absolute atomic E-state index is 10.7. The van der Waals surface area contributed by atoms with Gasteiger partial charge in [-0.3, -0.25) is 0 Å². The zero-order valence-electron chi connectivity index (χ0n) is 14.8. The molecule has 2 rings (SSSR count). The second-order valence-corrected chi connectivity index (χ2v) is 7.32. The van der Waals surface area contributed by atoms with Gasteiger partial charge >= 0.3 is 0 Å². The van der Waals surface area contributed by atoms with Gasteiger partial charge in [0, 0.05) is 5.92 Å². The van der Waals surface area contributed by atoms with E-state index in [0.717, 1.165) is 17.4 Å². The SMILES string of the molecule is CC(C)[N+](C)(C)CC(O)CC(c1ccccc1)c1ccccc1. The molecule has 0 saturated heterocycles. The van der Waals surface area contributed by atoms with Crippen LogP contribution in [0.5, 0.6) is 0 Å². The van der Waals surface area contributed by atoms with E-state index >= 15 is 0 Å². The number of nitrogens with zero attached hydrogens (tertiary/aromatic N) is 1. The molecule has 0 aliphatic carbocycles. The van der Waals surface area contributed by atoms with E-state index in [1.165, 1.54) is 11.1 Å². The molecule has 0 amide bonds. The first kappa shape index (κ1) is 17.7. The third kappa shape index (κ3) is 4.92. The molecule has 2 nitrogen and oxygen atoms in total. The van der Waals surface area contributed by atoms with Gasteiger partial charge < -0.3 is 9.59 Å². The largest absolute Gasteiger partial charge is 0.387 e. The van der Waals surface area contributed by atoms with Crippen molar-refractivity contribution in [2.75, 3.05) is 20.6 Å². The van der Waals surface area contributed by atoms with E-state index in [0.29, 0.717) is 6.04 Å². The van der Waals surface area contributed by atoms with E-state index in [1.54, 1.807) is 0 Å². The van der Waals surface area contributed by atoms with E-state index in [9.17, 15) is 5.11 Å². The molecule has 2 heteroatoms. The molecule has 2 aromatic rings. The maximum atomic E-state index is 10.7. The average molecular weight is 312 g/mol. The number of hydrogen-bond acceptors (Lipinski definition) is 1. The van der Waals surface area contributed by atoms with E-state index in [1.807, 2.05) is 12.1 Å². The lowest BCUT2D eigenvalue weighted by molar-refractivity contribution is -0.914.